The first-order chi connectivity index (χ1) is 6.75. The van der Waals surface area contributed by atoms with Gasteiger partial charge in [0.15, 0.2) is 11.5 Å². The lowest BCUT2D eigenvalue weighted by Gasteiger charge is -2.01. The maximum atomic E-state index is 9.38. The lowest BCUT2D eigenvalue weighted by atomic mass is 10.3. The van der Waals surface area contributed by atoms with Gasteiger partial charge in [-0.3, -0.25) is 0 Å². The van der Waals surface area contributed by atoms with Crippen molar-refractivity contribution in [3.8, 4) is 17.6 Å². The number of rotatable bonds is 2. The quantitative estimate of drug-likeness (QED) is 0.792. The van der Waals surface area contributed by atoms with Crippen LogP contribution < -0.4 is 4.74 Å². The van der Waals surface area contributed by atoms with Crippen LogP contribution in [0.4, 0.5) is 0 Å². The van der Waals surface area contributed by atoms with Crippen molar-refractivity contribution in [1.82, 2.24) is 4.98 Å². The average molecular weight is 191 g/mol. The van der Waals surface area contributed by atoms with Crippen molar-refractivity contribution >= 4 is 0 Å². The molecular weight excluding hydrogens is 182 g/mol. The first-order valence-electron chi connectivity index (χ1n) is 4.13. The molecular formula is C10H9NO3. The van der Waals surface area contributed by atoms with E-state index in [2.05, 4.69) is 4.98 Å². The third-order valence-electron chi connectivity index (χ3n) is 1.66. The summed E-state index contributed by atoms with van der Waals surface area (Å²) in [5.41, 5.74) is 0.732. The number of aromatic hydroxyl groups is 1. The van der Waals surface area contributed by atoms with Gasteiger partial charge in [-0.1, -0.05) is 12.1 Å². The Kier molecular flexibility index (Phi) is 2.10. The molecule has 1 N–H and O–H groups in total. The second-order valence-corrected chi connectivity index (χ2v) is 2.82. The monoisotopic (exact) mass is 191 g/mol. The maximum absolute atomic E-state index is 9.38. The summed E-state index contributed by atoms with van der Waals surface area (Å²) in [4.78, 5) is 3.95. The van der Waals surface area contributed by atoms with Crippen LogP contribution in [0.25, 0.3) is 0 Å². The predicted molar refractivity (Wildman–Crippen MR) is 49.4 cm³/mol. The molecule has 0 saturated carbocycles. The molecule has 0 atom stereocenters. The number of hydrogen-bond donors (Lipinski definition) is 1. The number of phenols is 1. The summed E-state index contributed by atoms with van der Waals surface area (Å²) in [6.45, 7) is 1.79. The molecule has 1 heterocycles. The maximum Gasteiger partial charge on any atom is 0.399 e. The molecule has 0 amide bonds. The number of ether oxygens (including phenoxy) is 1. The SMILES string of the molecule is Cc1coc(Oc2ccccc2O)n1. The Bertz CT molecular complexity index is 436. The molecule has 1 aromatic carbocycles. The number of benzene rings is 1. The first-order valence-corrected chi connectivity index (χ1v) is 4.13. The summed E-state index contributed by atoms with van der Waals surface area (Å²) in [6, 6.07) is 6.63. The first kappa shape index (κ1) is 8.62. The second-order valence-electron chi connectivity index (χ2n) is 2.82. The van der Waals surface area contributed by atoms with Crippen molar-refractivity contribution in [2.75, 3.05) is 0 Å². The van der Waals surface area contributed by atoms with E-state index in [1.165, 1.54) is 12.3 Å². The fourth-order valence-electron chi connectivity index (χ4n) is 1.02. The molecule has 0 aliphatic rings. The van der Waals surface area contributed by atoms with Gasteiger partial charge in [0.1, 0.15) is 6.26 Å². The van der Waals surface area contributed by atoms with E-state index in [-0.39, 0.29) is 11.8 Å². The number of oxazole rings is 1. The number of nitrogens with zero attached hydrogens (tertiary/aromatic N) is 1. The summed E-state index contributed by atoms with van der Waals surface area (Å²) in [7, 11) is 0. The minimum absolute atomic E-state index is 0.0587. The summed E-state index contributed by atoms with van der Waals surface area (Å²) < 4.78 is 10.2. The highest BCUT2D eigenvalue weighted by Crippen LogP contribution is 2.29. The molecule has 2 aromatic rings. The zero-order chi connectivity index (χ0) is 9.97. The van der Waals surface area contributed by atoms with Gasteiger partial charge in [-0.2, -0.15) is 4.98 Å². The van der Waals surface area contributed by atoms with Gasteiger partial charge in [-0.15, -0.1) is 0 Å². The molecule has 14 heavy (non-hydrogen) atoms. The second kappa shape index (κ2) is 3.41. The van der Waals surface area contributed by atoms with E-state index >= 15 is 0 Å². The Balaban J connectivity index is 2.23. The van der Waals surface area contributed by atoms with Gasteiger partial charge in [-0.25, -0.2) is 0 Å². The molecule has 0 radical (unpaired) electrons. The van der Waals surface area contributed by atoms with E-state index in [4.69, 9.17) is 9.15 Å². The normalized spacial score (nSPS) is 10.1. The minimum Gasteiger partial charge on any atom is -0.504 e. The molecule has 0 aliphatic carbocycles. The van der Waals surface area contributed by atoms with Crippen LogP contribution in [0.5, 0.6) is 17.6 Å². The average Bonchev–Trinajstić information content (AvgIpc) is 2.56. The van der Waals surface area contributed by atoms with Crippen LogP contribution in [0.15, 0.2) is 34.9 Å². The van der Waals surface area contributed by atoms with E-state index in [1.54, 1.807) is 25.1 Å². The third kappa shape index (κ3) is 1.69. The van der Waals surface area contributed by atoms with E-state index in [0.717, 1.165) is 5.69 Å². The Labute approximate surface area is 80.8 Å². The Morgan fingerprint density at radius 2 is 2.14 bits per heavy atom. The van der Waals surface area contributed by atoms with Crippen LogP contribution in [-0.2, 0) is 0 Å². The van der Waals surface area contributed by atoms with Crippen LogP contribution in [-0.4, -0.2) is 10.1 Å². The fraction of sp³-hybridized carbons (Fsp3) is 0.100. The summed E-state index contributed by atoms with van der Waals surface area (Å²) >= 11 is 0. The van der Waals surface area contributed by atoms with E-state index in [1.807, 2.05) is 0 Å². The van der Waals surface area contributed by atoms with Gasteiger partial charge in [-0.05, 0) is 19.1 Å². The highest BCUT2D eigenvalue weighted by molar-refractivity contribution is 5.39. The number of phenolic OH excluding ortho intramolecular Hbond substituents is 1. The largest absolute Gasteiger partial charge is 0.504 e. The van der Waals surface area contributed by atoms with Crippen molar-refractivity contribution in [3.63, 3.8) is 0 Å². The fourth-order valence-corrected chi connectivity index (χ4v) is 1.02. The molecule has 72 valence electrons. The third-order valence-corrected chi connectivity index (χ3v) is 1.66. The zero-order valence-electron chi connectivity index (χ0n) is 7.60. The van der Waals surface area contributed by atoms with E-state index < -0.39 is 0 Å². The molecule has 0 bridgehead atoms. The highest BCUT2D eigenvalue weighted by atomic mass is 16.6. The molecule has 0 saturated heterocycles. The molecule has 0 unspecified atom stereocenters. The molecule has 4 nitrogen and oxygen atoms in total. The van der Waals surface area contributed by atoms with Crippen LogP contribution in [0.3, 0.4) is 0 Å². The minimum atomic E-state index is 0.0587. The zero-order valence-corrected chi connectivity index (χ0v) is 7.60. The summed E-state index contributed by atoms with van der Waals surface area (Å²) in [5.74, 6) is 0.387. The number of aromatic nitrogens is 1. The Hall–Kier alpha value is -1.97. The van der Waals surface area contributed by atoms with Crippen LogP contribution >= 0.6 is 0 Å². The molecule has 2 rings (SSSR count). The smallest absolute Gasteiger partial charge is 0.399 e. The molecule has 4 heteroatoms. The Morgan fingerprint density at radius 1 is 1.36 bits per heavy atom. The number of aryl methyl sites for hydroxylation is 1. The van der Waals surface area contributed by atoms with Crippen molar-refractivity contribution in [2.45, 2.75) is 6.92 Å². The van der Waals surface area contributed by atoms with Crippen molar-refractivity contribution in [3.05, 3.63) is 36.2 Å². The molecule has 0 fully saturated rings. The van der Waals surface area contributed by atoms with E-state index in [9.17, 15) is 5.11 Å². The van der Waals surface area contributed by atoms with Gasteiger partial charge in [0, 0.05) is 0 Å². The lowest BCUT2D eigenvalue weighted by molar-refractivity contribution is 0.315. The molecule has 1 aromatic heterocycles. The number of para-hydroxylation sites is 2. The molecule has 0 aliphatic heterocycles. The van der Waals surface area contributed by atoms with E-state index in [0.29, 0.717) is 5.75 Å². The standard InChI is InChI=1S/C10H9NO3/c1-7-6-13-10(11-7)14-9-5-3-2-4-8(9)12/h2-6,12H,1H3. The van der Waals surface area contributed by atoms with Gasteiger partial charge in [0.25, 0.3) is 0 Å². The van der Waals surface area contributed by atoms with Crippen LogP contribution in [0, 0.1) is 6.92 Å². The van der Waals surface area contributed by atoms with Gasteiger partial charge < -0.3 is 14.3 Å². The van der Waals surface area contributed by atoms with Crippen LogP contribution in [0.2, 0.25) is 0 Å². The van der Waals surface area contributed by atoms with Gasteiger partial charge in [0.2, 0.25) is 0 Å². The topological polar surface area (TPSA) is 55.5 Å². The van der Waals surface area contributed by atoms with Crippen molar-refractivity contribution in [1.29, 1.82) is 0 Å². The van der Waals surface area contributed by atoms with Crippen LogP contribution in [0.1, 0.15) is 5.69 Å². The predicted octanol–water partition coefficient (Wildman–Crippen LogP) is 2.48. The summed E-state index contributed by atoms with van der Waals surface area (Å²) in [5, 5.41) is 9.38. The van der Waals surface area contributed by atoms with Crippen molar-refractivity contribution in [2.24, 2.45) is 0 Å². The summed E-state index contributed by atoms with van der Waals surface area (Å²) in [6.07, 6.45) is 1.61. The Morgan fingerprint density at radius 3 is 2.79 bits per heavy atom. The van der Waals surface area contributed by atoms with Crippen molar-refractivity contribution < 1.29 is 14.3 Å². The lowest BCUT2D eigenvalue weighted by Crippen LogP contribution is -1.84. The molecule has 0 spiro atoms. The van der Waals surface area contributed by atoms with Gasteiger partial charge >= 0.3 is 6.08 Å². The number of hydrogen-bond acceptors (Lipinski definition) is 4. The highest BCUT2D eigenvalue weighted by Gasteiger charge is 2.06. The van der Waals surface area contributed by atoms with Gasteiger partial charge in [0.05, 0.1) is 5.69 Å².